The predicted octanol–water partition coefficient (Wildman–Crippen LogP) is 3.18. The van der Waals surface area contributed by atoms with Crippen LogP contribution in [0.25, 0.3) is 10.9 Å². The van der Waals surface area contributed by atoms with Gasteiger partial charge in [0, 0.05) is 24.4 Å². The molecule has 3 rings (SSSR count). The van der Waals surface area contributed by atoms with Gasteiger partial charge in [0.25, 0.3) is 17.1 Å². The summed E-state index contributed by atoms with van der Waals surface area (Å²) in [5.74, 6) is -1.26. The minimum Gasteiger partial charge on any atom is -0.421 e. The summed E-state index contributed by atoms with van der Waals surface area (Å²) in [7, 11) is 0. The van der Waals surface area contributed by atoms with E-state index in [9.17, 15) is 35.1 Å². The molecule has 0 atom stereocenters. The number of esters is 1. The zero-order valence-corrected chi connectivity index (χ0v) is 13.7. The van der Waals surface area contributed by atoms with Crippen LogP contribution in [0.3, 0.4) is 0 Å². The fraction of sp³-hybridized carbons (Fsp3) is 0. The molecule has 0 saturated carbocycles. The van der Waals surface area contributed by atoms with Gasteiger partial charge in [0.05, 0.1) is 31.8 Å². The monoisotopic (exact) mass is 384 g/mol. The largest absolute Gasteiger partial charge is 0.421 e. The van der Waals surface area contributed by atoms with Crippen molar-refractivity contribution in [1.82, 2.24) is 4.98 Å². The highest BCUT2D eigenvalue weighted by atomic mass is 16.6. The number of carbonyl (C=O) groups is 1. The van der Waals surface area contributed by atoms with Crippen LogP contribution in [0.2, 0.25) is 0 Å². The van der Waals surface area contributed by atoms with Crippen LogP contribution in [0.1, 0.15) is 10.4 Å². The number of rotatable bonds is 5. The molecule has 0 radical (unpaired) electrons. The molecule has 2 aromatic carbocycles. The van der Waals surface area contributed by atoms with Gasteiger partial charge in [-0.3, -0.25) is 35.3 Å². The molecule has 0 spiro atoms. The number of hydrogen-bond donors (Lipinski definition) is 0. The number of fused-ring (bicyclic) bond motifs is 1. The first-order chi connectivity index (χ1) is 13.3. The molecule has 0 aliphatic carbocycles. The summed E-state index contributed by atoms with van der Waals surface area (Å²) in [5.41, 5.74) is -1.98. The first kappa shape index (κ1) is 18.3. The molecule has 28 heavy (non-hydrogen) atoms. The summed E-state index contributed by atoms with van der Waals surface area (Å²) >= 11 is 0. The van der Waals surface area contributed by atoms with E-state index in [0.717, 1.165) is 24.3 Å². The zero-order chi connectivity index (χ0) is 20.4. The second kappa shape index (κ2) is 7.03. The van der Waals surface area contributed by atoms with Crippen LogP contribution < -0.4 is 4.74 Å². The van der Waals surface area contributed by atoms with Gasteiger partial charge in [-0.15, -0.1) is 0 Å². The Labute approximate surface area is 154 Å². The van der Waals surface area contributed by atoms with Gasteiger partial charge in [0.15, 0.2) is 5.75 Å². The van der Waals surface area contributed by atoms with Crippen LogP contribution in [0, 0.1) is 30.3 Å². The lowest BCUT2D eigenvalue weighted by molar-refractivity contribution is -0.394. The van der Waals surface area contributed by atoms with Gasteiger partial charge in [0.1, 0.15) is 5.52 Å². The van der Waals surface area contributed by atoms with Gasteiger partial charge in [-0.1, -0.05) is 0 Å². The van der Waals surface area contributed by atoms with Crippen LogP contribution in [0.4, 0.5) is 17.1 Å². The number of non-ortho nitro benzene ring substituents is 3. The maximum atomic E-state index is 12.4. The molecule has 1 aromatic heterocycles. The molecule has 0 bridgehead atoms. The molecular formula is C16H8N4O8. The van der Waals surface area contributed by atoms with Crippen molar-refractivity contribution in [2.75, 3.05) is 0 Å². The van der Waals surface area contributed by atoms with Crippen molar-refractivity contribution in [3.8, 4) is 5.75 Å². The van der Waals surface area contributed by atoms with Crippen LogP contribution in [-0.2, 0) is 0 Å². The summed E-state index contributed by atoms with van der Waals surface area (Å²) in [5, 5.41) is 33.1. The summed E-state index contributed by atoms with van der Waals surface area (Å²) in [6.45, 7) is 0. The summed E-state index contributed by atoms with van der Waals surface area (Å²) in [6.07, 6.45) is 1.33. The molecule has 12 nitrogen and oxygen atoms in total. The third-order valence-electron chi connectivity index (χ3n) is 3.67. The average Bonchev–Trinajstić information content (AvgIpc) is 2.67. The third-order valence-corrected chi connectivity index (χ3v) is 3.67. The number of nitrogens with zero attached hydrogens (tertiary/aromatic N) is 4. The Bertz CT molecular complexity index is 1130. The van der Waals surface area contributed by atoms with E-state index in [0.29, 0.717) is 6.07 Å². The van der Waals surface area contributed by atoms with Crippen molar-refractivity contribution in [2.24, 2.45) is 0 Å². The average molecular weight is 384 g/mol. The lowest BCUT2D eigenvalue weighted by atomic mass is 10.1. The van der Waals surface area contributed by atoms with Crippen LogP contribution in [0.15, 0.2) is 48.7 Å². The minimum absolute atomic E-state index is 0.0185. The smallest absolute Gasteiger partial charge is 0.344 e. The van der Waals surface area contributed by atoms with E-state index >= 15 is 0 Å². The number of pyridine rings is 1. The van der Waals surface area contributed by atoms with E-state index in [4.69, 9.17) is 4.74 Å². The molecule has 0 fully saturated rings. The molecule has 0 amide bonds. The van der Waals surface area contributed by atoms with Gasteiger partial charge < -0.3 is 4.74 Å². The van der Waals surface area contributed by atoms with E-state index in [2.05, 4.69) is 4.98 Å². The molecule has 0 unspecified atom stereocenters. The van der Waals surface area contributed by atoms with Crippen molar-refractivity contribution in [3.05, 3.63) is 84.6 Å². The van der Waals surface area contributed by atoms with Crippen LogP contribution in [0.5, 0.6) is 5.75 Å². The predicted molar refractivity (Wildman–Crippen MR) is 93.1 cm³/mol. The molecule has 140 valence electrons. The Balaban J connectivity index is 2.05. The Hall–Kier alpha value is -4.48. The molecular weight excluding hydrogens is 376 g/mol. The Morgan fingerprint density at radius 1 is 0.893 bits per heavy atom. The van der Waals surface area contributed by atoms with Crippen molar-refractivity contribution >= 4 is 33.9 Å². The summed E-state index contributed by atoms with van der Waals surface area (Å²) < 4.78 is 5.15. The summed E-state index contributed by atoms with van der Waals surface area (Å²) in [6, 6.07) is 7.51. The number of ether oxygens (including phenoxy) is 1. The van der Waals surface area contributed by atoms with Crippen molar-refractivity contribution in [1.29, 1.82) is 0 Å². The maximum absolute atomic E-state index is 12.4. The van der Waals surface area contributed by atoms with E-state index in [1.807, 2.05) is 0 Å². The zero-order valence-electron chi connectivity index (χ0n) is 13.7. The normalized spacial score (nSPS) is 10.4. The van der Waals surface area contributed by atoms with Gasteiger partial charge >= 0.3 is 5.97 Å². The molecule has 0 saturated heterocycles. The third kappa shape index (κ3) is 3.41. The van der Waals surface area contributed by atoms with Gasteiger partial charge in [0.2, 0.25) is 0 Å². The van der Waals surface area contributed by atoms with Crippen molar-refractivity contribution in [2.45, 2.75) is 0 Å². The van der Waals surface area contributed by atoms with Gasteiger partial charge in [-0.05, 0) is 18.2 Å². The van der Waals surface area contributed by atoms with Crippen LogP contribution >= 0.6 is 0 Å². The lowest BCUT2D eigenvalue weighted by Gasteiger charge is -2.07. The Kier molecular flexibility index (Phi) is 4.60. The Morgan fingerprint density at radius 3 is 2.11 bits per heavy atom. The first-order valence-electron chi connectivity index (χ1n) is 7.46. The second-order valence-electron chi connectivity index (χ2n) is 5.38. The maximum Gasteiger partial charge on any atom is 0.344 e. The number of carbonyl (C=O) groups excluding carboxylic acids is 1. The van der Waals surface area contributed by atoms with E-state index in [1.165, 1.54) is 18.3 Å². The molecule has 0 aliphatic heterocycles. The SMILES string of the molecule is O=C(Oc1ccc([N+](=O)[O-])c2cccnc12)c1cc([N+](=O)[O-])cc([N+](=O)[O-])c1. The number of benzene rings is 2. The highest BCUT2D eigenvalue weighted by Gasteiger charge is 2.23. The Morgan fingerprint density at radius 2 is 1.54 bits per heavy atom. The quantitative estimate of drug-likeness (QED) is 0.277. The lowest BCUT2D eigenvalue weighted by Crippen LogP contribution is -2.10. The van der Waals surface area contributed by atoms with Crippen molar-refractivity contribution < 1.29 is 24.3 Å². The topological polar surface area (TPSA) is 169 Å². The highest BCUT2D eigenvalue weighted by Crippen LogP contribution is 2.32. The molecule has 3 aromatic rings. The summed E-state index contributed by atoms with van der Waals surface area (Å²) in [4.78, 5) is 47.0. The second-order valence-corrected chi connectivity index (χ2v) is 5.38. The number of nitro benzene ring substituents is 3. The number of aromatic nitrogens is 1. The fourth-order valence-corrected chi connectivity index (χ4v) is 2.46. The number of hydrogen-bond acceptors (Lipinski definition) is 9. The van der Waals surface area contributed by atoms with E-state index in [-0.39, 0.29) is 22.3 Å². The number of nitro groups is 3. The molecule has 12 heteroatoms. The standard InChI is InChI=1S/C16H8N4O8/c21-16(9-6-10(18(22)23)8-11(7-9)19(24)25)28-14-4-3-13(20(26)27)12-2-1-5-17-15(12)14/h1-8H. The molecule has 1 heterocycles. The molecule has 0 aliphatic rings. The van der Waals surface area contributed by atoms with Gasteiger partial charge in [-0.25, -0.2) is 4.79 Å². The van der Waals surface area contributed by atoms with E-state index in [1.54, 1.807) is 0 Å². The molecule has 0 N–H and O–H groups in total. The van der Waals surface area contributed by atoms with Crippen LogP contribution in [-0.4, -0.2) is 25.7 Å². The first-order valence-corrected chi connectivity index (χ1v) is 7.46. The minimum atomic E-state index is -1.12. The van der Waals surface area contributed by atoms with E-state index < -0.39 is 37.7 Å². The van der Waals surface area contributed by atoms with Crippen molar-refractivity contribution in [3.63, 3.8) is 0 Å². The highest BCUT2D eigenvalue weighted by molar-refractivity contribution is 5.97. The van der Waals surface area contributed by atoms with Gasteiger partial charge in [-0.2, -0.15) is 0 Å². The fourth-order valence-electron chi connectivity index (χ4n) is 2.46.